The van der Waals surface area contributed by atoms with Gasteiger partial charge in [0.15, 0.2) is 6.39 Å². The summed E-state index contributed by atoms with van der Waals surface area (Å²) < 4.78 is 5.50. The highest BCUT2D eigenvalue weighted by atomic mass is 16.3. The molecule has 1 aliphatic carbocycles. The second kappa shape index (κ2) is 6.02. The van der Waals surface area contributed by atoms with Gasteiger partial charge in [0.05, 0.1) is 5.69 Å². The van der Waals surface area contributed by atoms with E-state index in [2.05, 4.69) is 40.6 Å². The Morgan fingerprint density at radius 2 is 2.00 bits per heavy atom. The van der Waals surface area contributed by atoms with Gasteiger partial charge in [0.25, 0.3) is 0 Å². The van der Waals surface area contributed by atoms with Crippen LogP contribution in [0, 0.1) is 0 Å². The van der Waals surface area contributed by atoms with Gasteiger partial charge in [-0.1, -0.05) is 30.3 Å². The van der Waals surface area contributed by atoms with Crippen molar-refractivity contribution in [1.29, 1.82) is 0 Å². The first kappa shape index (κ1) is 12.4. The van der Waals surface area contributed by atoms with Crippen LogP contribution in [0.1, 0.15) is 36.3 Å². The lowest BCUT2D eigenvalue weighted by Crippen LogP contribution is -2.16. The number of benzene rings is 1. The fourth-order valence-corrected chi connectivity index (χ4v) is 2.27. The molecule has 0 radical (unpaired) electrons. The van der Waals surface area contributed by atoms with Crippen molar-refractivity contribution in [2.75, 3.05) is 0 Å². The standard InChI is InChI=1S/C16H20N2O/c1-2-5-13(6-3-1)7-4-8-16-15(18-12-19-16)11-17-14-9-10-14/h1-3,5-6,12,14,17H,4,7-11H2. The molecular formula is C16H20N2O. The molecule has 1 aromatic carbocycles. The van der Waals surface area contributed by atoms with E-state index in [9.17, 15) is 0 Å². The van der Waals surface area contributed by atoms with E-state index >= 15 is 0 Å². The monoisotopic (exact) mass is 256 g/mol. The summed E-state index contributed by atoms with van der Waals surface area (Å²) in [5, 5.41) is 3.48. The zero-order valence-electron chi connectivity index (χ0n) is 11.1. The predicted molar refractivity (Wildman–Crippen MR) is 74.8 cm³/mol. The number of oxazole rings is 1. The molecule has 1 fully saturated rings. The number of nitrogens with one attached hydrogen (secondary N) is 1. The maximum Gasteiger partial charge on any atom is 0.181 e. The van der Waals surface area contributed by atoms with Gasteiger partial charge in [-0.05, 0) is 31.2 Å². The first-order valence-electron chi connectivity index (χ1n) is 7.10. The molecule has 0 aliphatic heterocycles. The minimum atomic E-state index is 0.717. The molecule has 1 saturated carbocycles. The number of aromatic nitrogens is 1. The van der Waals surface area contributed by atoms with Crippen molar-refractivity contribution in [2.45, 2.75) is 44.7 Å². The first-order chi connectivity index (χ1) is 9.42. The van der Waals surface area contributed by atoms with Gasteiger partial charge in [-0.15, -0.1) is 0 Å². The summed E-state index contributed by atoms with van der Waals surface area (Å²) in [6.07, 6.45) is 7.35. The van der Waals surface area contributed by atoms with Crippen LogP contribution >= 0.6 is 0 Å². The number of aryl methyl sites for hydroxylation is 2. The summed E-state index contributed by atoms with van der Waals surface area (Å²) in [6, 6.07) is 11.3. The van der Waals surface area contributed by atoms with Crippen molar-refractivity contribution in [3.8, 4) is 0 Å². The molecule has 0 unspecified atom stereocenters. The van der Waals surface area contributed by atoms with Gasteiger partial charge in [0.2, 0.25) is 0 Å². The molecule has 19 heavy (non-hydrogen) atoms. The number of rotatable bonds is 7. The lowest BCUT2D eigenvalue weighted by Gasteiger charge is -2.03. The molecule has 2 aromatic rings. The van der Waals surface area contributed by atoms with Crippen molar-refractivity contribution in [1.82, 2.24) is 10.3 Å². The largest absolute Gasteiger partial charge is 0.448 e. The summed E-state index contributed by atoms with van der Waals surface area (Å²) in [7, 11) is 0. The Balaban J connectivity index is 1.47. The molecule has 0 atom stereocenters. The van der Waals surface area contributed by atoms with E-state index in [0.717, 1.165) is 37.3 Å². The highest BCUT2D eigenvalue weighted by Gasteiger charge is 2.21. The van der Waals surface area contributed by atoms with Gasteiger partial charge in [-0.3, -0.25) is 0 Å². The highest BCUT2D eigenvalue weighted by molar-refractivity contribution is 5.15. The van der Waals surface area contributed by atoms with E-state index < -0.39 is 0 Å². The molecule has 0 saturated heterocycles. The normalized spacial score (nSPS) is 14.7. The molecule has 1 N–H and O–H groups in total. The minimum Gasteiger partial charge on any atom is -0.448 e. The minimum absolute atomic E-state index is 0.717. The molecule has 1 aliphatic rings. The lowest BCUT2D eigenvalue weighted by atomic mass is 10.1. The predicted octanol–water partition coefficient (Wildman–Crippen LogP) is 3.10. The Morgan fingerprint density at radius 1 is 1.16 bits per heavy atom. The molecular weight excluding hydrogens is 236 g/mol. The number of hydrogen-bond acceptors (Lipinski definition) is 3. The van der Waals surface area contributed by atoms with E-state index in [-0.39, 0.29) is 0 Å². The number of nitrogens with zero attached hydrogens (tertiary/aromatic N) is 1. The Hall–Kier alpha value is -1.61. The zero-order chi connectivity index (χ0) is 12.9. The van der Waals surface area contributed by atoms with Gasteiger partial charge in [0, 0.05) is 19.0 Å². The zero-order valence-corrected chi connectivity index (χ0v) is 11.1. The Bertz CT molecular complexity index is 502. The second-order valence-electron chi connectivity index (χ2n) is 5.22. The fourth-order valence-electron chi connectivity index (χ4n) is 2.27. The maximum atomic E-state index is 5.50. The van der Waals surface area contributed by atoms with E-state index in [4.69, 9.17) is 4.42 Å². The van der Waals surface area contributed by atoms with Crippen LogP contribution in [0.4, 0.5) is 0 Å². The van der Waals surface area contributed by atoms with Crippen molar-refractivity contribution >= 4 is 0 Å². The van der Waals surface area contributed by atoms with E-state index in [1.165, 1.54) is 18.4 Å². The van der Waals surface area contributed by atoms with Crippen molar-refractivity contribution < 1.29 is 4.42 Å². The van der Waals surface area contributed by atoms with Crippen LogP contribution in [-0.4, -0.2) is 11.0 Å². The van der Waals surface area contributed by atoms with E-state index in [0.29, 0.717) is 6.04 Å². The molecule has 0 bridgehead atoms. The second-order valence-corrected chi connectivity index (χ2v) is 5.22. The quantitative estimate of drug-likeness (QED) is 0.827. The van der Waals surface area contributed by atoms with Crippen LogP contribution in [0.5, 0.6) is 0 Å². The maximum absolute atomic E-state index is 5.50. The van der Waals surface area contributed by atoms with E-state index in [1.54, 1.807) is 6.39 Å². The third-order valence-corrected chi connectivity index (χ3v) is 3.57. The van der Waals surface area contributed by atoms with Gasteiger partial charge >= 0.3 is 0 Å². The van der Waals surface area contributed by atoms with Crippen LogP contribution in [0.25, 0.3) is 0 Å². The van der Waals surface area contributed by atoms with Crippen LogP contribution < -0.4 is 5.32 Å². The Kier molecular flexibility index (Phi) is 3.94. The van der Waals surface area contributed by atoms with E-state index in [1.807, 2.05) is 0 Å². The Labute approximate surface area is 114 Å². The third kappa shape index (κ3) is 3.67. The molecule has 3 nitrogen and oxygen atoms in total. The molecule has 3 rings (SSSR count). The first-order valence-corrected chi connectivity index (χ1v) is 7.10. The molecule has 3 heteroatoms. The topological polar surface area (TPSA) is 38.1 Å². The SMILES string of the molecule is c1ccc(CCCc2ocnc2CNC2CC2)cc1. The highest BCUT2D eigenvalue weighted by Crippen LogP contribution is 2.20. The van der Waals surface area contributed by atoms with Crippen molar-refractivity contribution in [2.24, 2.45) is 0 Å². The number of hydrogen-bond donors (Lipinski definition) is 1. The molecule has 1 heterocycles. The van der Waals surface area contributed by atoms with Crippen LogP contribution in [0.2, 0.25) is 0 Å². The molecule has 1 aromatic heterocycles. The van der Waals surface area contributed by atoms with Crippen LogP contribution in [0.3, 0.4) is 0 Å². The summed E-state index contributed by atoms with van der Waals surface area (Å²) in [4.78, 5) is 4.31. The molecule has 0 spiro atoms. The Morgan fingerprint density at radius 3 is 2.79 bits per heavy atom. The average Bonchev–Trinajstić information content (AvgIpc) is 3.17. The smallest absolute Gasteiger partial charge is 0.181 e. The average molecular weight is 256 g/mol. The van der Waals surface area contributed by atoms with Crippen LogP contribution in [-0.2, 0) is 19.4 Å². The van der Waals surface area contributed by atoms with Crippen molar-refractivity contribution in [3.63, 3.8) is 0 Å². The summed E-state index contributed by atoms with van der Waals surface area (Å²) in [5.41, 5.74) is 2.47. The third-order valence-electron chi connectivity index (χ3n) is 3.57. The fraction of sp³-hybridized carbons (Fsp3) is 0.438. The van der Waals surface area contributed by atoms with Gasteiger partial charge < -0.3 is 9.73 Å². The van der Waals surface area contributed by atoms with Crippen LogP contribution in [0.15, 0.2) is 41.1 Å². The summed E-state index contributed by atoms with van der Waals surface area (Å²) in [5.74, 6) is 1.05. The van der Waals surface area contributed by atoms with Gasteiger partial charge in [-0.25, -0.2) is 4.98 Å². The van der Waals surface area contributed by atoms with Crippen molar-refractivity contribution in [3.05, 3.63) is 53.7 Å². The summed E-state index contributed by atoms with van der Waals surface area (Å²) >= 11 is 0. The van der Waals surface area contributed by atoms with Gasteiger partial charge in [0.1, 0.15) is 5.76 Å². The van der Waals surface area contributed by atoms with Gasteiger partial charge in [-0.2, -0.15) is 0 Å². The summed E-state index contributed by atoms with van der Waals surface area (Å²) in [6.45, 7) is 0.849. The molecule has 0 amide bonds. The lowest BCUT2D eigenvalue weighted by molar-refractivity contribution is 0.491. The molecule has 100 valence electrons.